The first-order chi connectivity index (χ1) is 18.5. The summed E-state index contributed by atoms with van der Waals surface area (Å²) in [5.74, 6) is 0.404. The van der Waals surface area contributed by atoms with Gasteiger partial charge < -0.3 is 5.11 Å². The molecule has 0 fully saturated rings. The van der Waals surface area contributed by atoms with Crippen LogP contribution in [0.2, 0.25) is 0 Å². The van der Waals surface area contributed by atoms with E-state index < -0.39 is 17.0 Å². The van der Waals surface area contributed by atoms with Gasteiger partial charge in [-0.1, -0.05) is 110 Å². The standard InChI is InChI=1S/C26H28O.C10H15.2ClH.Ti/c1-16-13-20(24(27)23(14-16)25(2,3)4)17-11-12-19-18-9-7-8-10-21(18)26(5,6)22(19)15-17;1-7-6-10(4,5)9(3)8(7)2;;;/h7-15,27H,1-6H3;1-5H3;2*1H;/q;-1;;;+2/p-2. The molecule has 0 radical (unpaired) electrons. The van der Waals surface area contributed by atoms with E-state index in [2.05, 4.69) is 137 Å². The molecule has 1 N–H and O–H groups in total. The molecule has 2 aliphatic carbocycles. The molecule has 0 bridgehead atoms. The molecule has 5 rings (SSSR count). The Morgan fingerprint density at radius 2 is 1.35 bits per heavy atom. The summed E-state index contributed by atoms with van der Waals surface area (Å²) in [5, 5.41) is 11.1. The first-order valence-electron chi connectivity index (χ1n) is 13.8. The van der Waals surface area contributed by atoms with Crippen LogP contribution in [0, 0.1) is 18.4 Å². The van der Waals surface area contributed by atoms with Crippen LogP contribution in [0.4, 0.5) is 0 Å². The predicted molar refractivity (Wildman–Crippen MR) is 171 cm³/mol. The summed E-state index contributed by atoms with van der Waals surface area (Å²) in [6.45, 7) is 24.0. The van der Waals surface area contributed by atoms with Crippen molar-refractivity contribution in [3.8, 4) is 28.0 Å². The van der Waals surface area contributed by atoms with Gasteiger partial charge in [-0.2, -0.15) is 11.1 Å². The second-order valence-corrected chi connectivity index (χ2v) is 15.7. The summed E-state index contributed by atoms with van der Waals surface area (Å²) in [6, 6.07) is 19.5. The van der Waals surface area contributed by atoms with E-state index >= 15 is 0 Å². The van der Waals surface area contributed by atoms with E-state index in [0.29, 0.717) is 5.75 Å². The first-order valence-corrected chi connectivity index (χ1v) is 18.1. The number of aryl methyl sites for hydroxylation is 1. The number of halogens is 2. The molecule has 3 aromatic rings. The Hall–Kier alpha value is -1.77. The molecule has 1 nitrogen and oxygen atoms in total. The number of aromatic hydroxyl groups is 1. The fourth-order valence-electron chi connectivity index (χ4n) is 5.85. The Morgan fingerprint density at radius 3 is 1.85 bits per heavy atom. The summed E-state index contributed by atoms with van der Waals surface area (Å²) >= 11 is -0.556. The second kappa shape index (κ2) is 12.2. The molecule has 212 valence electrons. The number of rotatable bonds is 1. The molecule has 40 heavy (non-hydrogen) atoms. The van der Waals surface area contributed by atoms with Crippen LogP contribution < -0.4 is 0 Å². The number of fused-ring (bicyclic) bond motifs is 3. The van der Waals surface area contributed by atoms with Gasteiger partial charge in [-0.3, -0.25) is 6.08 Å². The van der Waals surface area contributed by atoms with E-state index in [4.69, 9.17) is 18.6 Å². The van der Waals surface area contributed by atoms with Gasteiger partial charge in [0, 0.05) is 16.5 Å². The van der Waals surface area contributed by atoms with Gasteiger partial charge >= 0.3 is 35.6 Å². The van der Waals surface area contributed by atoms with Gasteiger partial charge in [-0.25, -0.2) is 5.57 Å². The third-order valence-electron chi connectivity index (χ3n) is 8.52. The van der Waals surface area contributed by atoms with Crippen molar-refractivity contribution in [3.63, 3.8) is 0 Å². The van der Waals surface area contributed by atoms with Crippen LogP contribution in [0.5, 0.6) is 5.75 Å². The maximum absolute atomic E-state index is 11.1. The van der Waals surface area contributed by atoms with Crippen molar-refractivity contribution in [1.29, 1.82) is 0 Å². The number of hydrogen-bond acceptors (Lipinski definition) is 1. The van der Waals surface area contributed by atoms with Crippen molar-refractivity contribution in [3.05, 3.63) is 99.6 Å². The molecule has 3 aromatic carbocycles. The molecule has 0 atom stereocenters. The van der Waals surface area contributed by atoms with Crippen LogP contribution in [0.3, 0.4) is 0 Å². The molecule has 0 heterocycles. The van der Waals surface area contributed by atoms with Gasteiger partial charge in [-0.05, 0) is 57.9 Å². The van der Waals surface area contributed by atoms with Crippen LogP contribution in [0.25, 0.3) is 22.3 Å². The van der Waals surface area contributed by atoms with Gasteiger partial charge in [0.25, 0.3) is 0 Å². The van der Waals surface area contributed by atoms with Crippen molar-refractivity contribution < 1.29 is 22.1 Å². The van der Waals surface area contributed by atoms with Gasteiger partial charge in [0.15, 0.2) is 0 Å². The number of benzene rings is 3. The van der Waals surface area contributed by atoms with Crippen molar-refractivity contribution in [2.24, 2.45) is 5.41 Å². The summed E-state index contributed by atoms with van der Waals surface area (Å²) < 4.78 is 0. The van der Waals surface area contributed by atoms with Crippen molar-refractivity contribution in [2.45, 2.75) is 87.0 Å². The predicted octanol–water partition coefficient (Wildman–Crippen LogP) is 11.5. The fraction of sp³-hybridized carbons (Fsp3) is 0.389. The quantitative estimate of drug-likeness (QED) is 0.215. The Balaban J connectivity index is 0.000000283. The van der Waals surface area contributed by atoms with Gasteiger partial charge in [0.1, 0.15) is 5.75 Å². The average molecular weight is 611 g/mol. The fourth-order valence-corrected chi connectivity index (χ4v) is 5.85. The molecule has 0 saturated carbocycles. The number of phenolic OH excluding ortho intramolecular Hbond substituents is 1. The Kier molecular flexibility index (Phi) is 10.0. The molecule has 0 unspecified atom stereocenters. The zero-order valence-corrected chi connectivity index (χ0v) is 29.0. The van der Waals surface area contributed by atoms with Crippen LogP contribution in [-0.4, -0.2) is 5.11 Å². The summed E-state index contributed by atoms with van der Waals surface area (Å²) in [4.78, 5) is 0. The van der Waals surface area contributed by atoms with E-state index in [1.807, 2.05) is 0 Å². The summed E-state index contributed by atoms with van der Waals surface area (Å²) in [5.41, 5.74) is 13.8. The zero-order chi connectivity index (χ0) is 30.2. The van der Waals surface area contributed by atoms with E-state index in [1.54, 1.807) is 0 Å². The molecule has 0 spiro atoms. The van der Waals surface area contributed by atoms with Crippen LogP contribution in [-0.2, 0) is 27.9 Å². The van der Waals surface area contributed by atoms with E-state index in [-0.39, 0.29) is 16.2 Å². The van der Waals surface area contributed by atoms with E-state index in [1.165, 1.54) is 44.5 Å². The van der Waals surface area contributed by atoms with E-state index in [9.17, 15) is 5.11 Å². The topological polar surface area (TPSA) is 20.2 Å². The third kappa shape index (κ3) is 6.49. The normalized spacial score (nSPS) is 16.2. The maximum atomic E-state index is 11.1. The van der Waals surface area contributed by atoms with Crippen molar-refractivity contribution in [2.75, 3.05) is 0 Å². The van der Waals surface area contributed by atoms with Gasteiger partial charge in [0.05, 0.1) is 0 Å². The van der Waals surface area contributed by atoms with Crippen molar-refractivity contribution in [1.82, 2.24) is 0 Å². The van der Waals surface area contributed by atoms with Gasteiger partial charge in [0.2, 0.25) is 0 Å². The SMILES string of the molecule is CC1=[C-]C(C)(C)C(C)=C1C.Cc1cc(-c2ccc3c(c2)C(C)(C)c2ccccc2-3)c(O)c(C(C)(C)C)c1.[Cl][Ti][Cl]. The minimum absolute atomic E-state index is 0.0335. The van der Waals surface area contributed by atoms with Crippen LogP contribution in [0.1, 0.15) is 91.5 Å². The summed E-state index contributed by atoms with van der Waals surface area (Å²) in [7, 11) is 9.78. The number of hydrogen-bond donors (Lipinski definition) is 1. The third-order valence-corrected chi connectivity index (χ3v) is 8.52. The molecule has 0 saturated heterocycles. The number of allylic oxidation sites excluding steroid dienone is 4. The Morgan fingerprint density at radius 1 is 0.775 bits per heavy atom. The van der Waals surface area contributed by atoms with E-state index in [0.717, 1.165) is 16.7 Å². The second-order valence-electron chi connectivity index (χ2n) is 13.1. The molecular weight excluding hydrogens is 567 g/mol. The molecule has 2 aliphatic rings. The molecular formula is C36H43Cl2OTi-. The molecule has 0 aliphatic heterocycles. The number of phenols is 1. The van der Waals surface area contributed by atoms with Crippen LogP contribution >= 0.6 is 18.6 Å². The first kappa shape index (κ1) is 32.7. The van der Waals surface area contributed by atoms with Crippen LogP contribution in [0.15, 0.2) is 71.3 Å². The Bertz CT molecular complexity index is 1470. The Labute approximate surface area is 259 Å². The summed E-state index contributed by atoms with van der Waals surface area (Å²) in [6.07, 6.45) is 3.44. The minimum atomic E-state index is -0.556. The molecule has 4 heteroatoms. The van der Waals surface area contributed by atoms with Gasteiger partial charge in [-0.15, -0.1) is 6.92 Å². The molecule has 0 amide bonds. The van der Waals surface area contributed by atoms with Crippen molar-refractivity contribution >= 4 is 18.6 Å². The average Bonchev–Trinajstić information content (AvgIpc) is 3.21. The monoisotopic (exact) mass is 609 g/mol. The molecule has 0 aromatic heterocycles. The zero-order valence-electron chi connectivity index (χ0n) is 25.9.